The number of carbonyl (C=O) groups excluding carboxylic acids is 1. The Morgan fingerprint density at radius 1 is 1.25 bits per heavy atom. The molecule has 1 amide bonds. The van der Waals surface area contributed by atoms with E-state index in [-0.39, 0.29) is 5.91 Å². The normalized spacial score (nSPS) is 21.9. The minimum Gasteiger partial charge on any atom is -0.497 e. The van der Waals surface area contributed by atoms with E-state index in [1.165, 1.54) is 0 Å². The highest BCUT2D eigenvalue weighted by Crippen LogP contribution is 2.28. The van der Waals surface area contributed by atoms with Gasteiger partial charge in [-0.1, -0.05) is 5.16 Å². The summed E-state index contributed by atoms with van der Waals surface area (Å²) in [4.78, 5) is 14.9. The number of nitrogens with one attached hydrogen (secondary N) is 2. The van der Waals surface area contributed by atoms with E-state index < -0.39 is 0 Å². The minimum absolute atomic E-state index is 0.147. The van der Waals surface area contributed by atoms with Crippen LogP contribution in [0, 0.1) is 11.8 Å². The van der Waals surface area contributed by atoms with Gasteiger partial charge in [-0.15, -0.1) is 0 Å². The fourth-order valence-electron chi connectivity index (χ4n) is 4.54. The number of hydrogen-bond donors (Lipinski definition) is 2. The number of carbonyl (C=O) groups is 1. The van der Waals surface area contributed by atoms with Gasteiger partial charge in [0.05, 0.1) is 26.0 Å². The molecule has 2 aromatic rings. The number of morpholine rings is 1. The van der Waals surface area contributed by atoms with Crippen LogP contribution >= 0.6 is 0 Å². The zero-order chi connectivity index (χ0) is 22.2. The van der Waals surface area contributed by atoms with Crippen molar-refractivity contribution >= 4 is 5.91 Å². The summed E-state index contributed by atoms with van der Waals surface area (Å²) < 4.78 is 16.2. The molecule has 32 heavy (non-hydrogen) atoms. The lowest BCUT2D eigenvalue weighted by atomic mass is 9.81. The van der Waals surface area contributed by atoms with Crippen LogP contribution in [-0.2, 0) is 16.0 Å². The fraction of sp³-hybridized carbons (Fsp3) is 0.583. The zero-order valence-corrected chi connectivity index (χ0v) is 18.8. The second-order valence-corrected chi connectivity index (χ2v) is 8.64. The summed E-state index contributed by atoms with van der Waals surface area (Å²) in [6.07, 6.45) is 2.38. The van der Waals surface area contributed by atoms with Gasteiger partial charge in [0, 0.05) is 44.2 Å². The van der Waals surface area contributed by atoms with Gasteiger partial charge < -0.3 is 24.6 Å². The van der Waals surface area contributed by atoms with E-state index in [2.05, 4.69) is 20.7 Å². The van der Waals surface area contributed by atoms with Crippen LogP contribution in [0.5, 0.6) is 5.75 Å². The first kappa shape index (κ1) is 22.8. The third-order valence-corrected chi connectivity index (χ3v) is 6.47. The van der Waals surface area contributed by atoms with E-state index in [4.69, 9.17) is 14.0 Å². The van der Waals surface area contributed by atoms with Crippen LogP contribution in [0.3, 0.4) is 0 Å². The van der Waals surface area contributed by atoms with E-state index in [9.17, 15) is 4.79 Å². The van der Waals surface area contributed by atoms with Gasteiger partial charge in [-0.3, -0.25) is 9.69 Å². The molecular formula is C24H34N4O4. The smallest absolute Gasteiger partial charge is 0.220 e. The monoisotopic (exact) mass is 442 g/mol. The van der Waals surface area contributed by atoms with E-state index in [0.29, 0.717) is 24.8 Å². The molecule has 0 saturated carbocycles. The summed E-state index contributed by atoms with van der Waals surface area (Å²) in [5.41, 5.74) is 1.91. The molecule has 2 aliphatic rings. The lowest BCUT2D eigenvalue weighted by Crippen LogP contribution is -2.43. The molecule has 0 radical (unpaired) electrons. The number of rotatable bonds is 9. The Morgan fingerprint density at radius 3 is 2.84 bits per heavy atom. The first-order chi connectivity index (χ1) is 15.7. The quantitative estimate of drug-likeness (QED) is 0.614. The van der Waals surface area contributed by atoms with Crippen LogP contribution in [0.1, 0.15) is 18.5 Å². The standard InChI is InChI=1S/C24H34N4O4/c1-30-22-4-2-18(3-5-22)23-16-21(27-32-23)14-20-17-25-7-6-19(20)15-24(29)26-8-9-28-10-12-31-13-11-28/h2-5,16,19-20,25H,6-15,17H2,1H3,(H,26,29)/t19-,20+/m0/s1. The molecule has 2 fully saturated rings. The number of aromatic nitrogens is 1. The number of benzene rings is 1. The number of ether oxygens (including phenoxy) is 2. The third-order valence-electron chi connectivity index (χ3n) is 6.47. The summed E-state index contributed by atoms with van der Waals surface area (Å²) in [7, 11) is 1.65. The van der Waals surface area contributed by atoms with Crippen LogP contribution in [0.15, 0.2) is 34.9 Å². The van der Waals surface area contributed by atoms with Crippen molar-refractivity contribution in [2.45, 2.75) is 19.3 Å². The van der Waals surface area contributed by atoms with Crippen molar-refractivity contribution in [3.8, 4) is 17.1 Å². The molecule has 0 aliphatic carbocycles. The zero-order valence-electron chi connectivity index (χ0n) is 18.8. The van der Waals surface area contributed by atoms with Gasteiger partial charge in [-0.05, 0) is 62.0 Å². The first-order valence-electron chi connectivity index (χ1n) is 11.6. The highest BCUT2D eigenvalue weighted by atomic mass is 16.5. The predicted molar refractivity (Wildman–Crippen MR) is 122 cm³/mol. The predicted octanol–water partition coefficient (Wildman–Crippen LogP) is 1.96. The molecule has 0 unspecified atom stereocenters. The van der Waals surface area contributed by atoms with Crippen molar-refractivity contribution in [2.75, 3.05) is 59.6 Å². The molecule has 0 bridgehead atoms. The Kier molecular flexibility index (Phi) is 8.14. The van der Waals surface area contributed by atoms with Crippen LogP contribution in [0.25, 0.3) is 11.3 Å². The fourth-order valence-corrected chi connectivity index (χ4v) is 4.54. The maximum Gasteiger partial charge on any atom is 0.220 e. The topological polar surface area (TPSA) is 88.9 Å². The molecule has 0 spiro atoms. The summed E-state index contributed by atoms with van der Waals surface area (Å²) in [6.45, 7) is 6.90. The number of piperidine rings is 1. The maximum atomic E-state index is 12.6. The average Bonchev–Trinajstić information content (AvgIpc) is 3.30. The van der Waals surface area contributed by atoms with E-state index in [1.54, 1.807) is 7.11 Å². The minimum atomic E-state index is 0.147. The van der Waals surface area contributed by atoms with Crippen molar-refractivity contribution < 1.29 is 18.8 Å². The van der Waals surface area contributed by atoms with Crippen LogP contribution in [0.4, 0.5) is 0 Å². The highest BCUT2D eigenvalue weighted by molar-refractivity contribution is 5.76. The Balaban J connectivity index is 1.27. The Bertz CT molecular complexity index is 848. The van der Waals surface area contributed by atoms with Crippen LogP contribution < -0.4 is 15.4 Å². The Labute approximate surface area is 189 Å². The van der Waals surface area contributed by atoms with Gasteiger partial charge in [0.2, 0.25) is 5.91 Å². The average molecular weight is 443 g/mol. The van der Waals surface area contributed by atoms with Gasteiger partial charge in [0.15, 0.2) is 5.76 Å². The van der Waals surface area contributed by atoms with Crippen molar-refractivity contribution in [2.24, 2.45) is 11.8 Å². The van der Waals surface area contributed by atoms with E-state index in [1.807, 2.05) is 30.3 Å². The first-order valence-corrected chi connectivity index (χ1v) is 11.6. The molecule has 2 N–H and O–H groups in total. The molecule has 8 nitrogen and oxygen atoms in total. The van der Waals surface area contributed by atoms with Crippen LogP contribution in [-0.4, -0.2) is 75.6 Å². The molecule has 2 saturated heterocycles. The van der Waals surface area contributed by atoms with Crippen molar-refractivity contribution in [3.05, 3.63) is 36.0 Å². The number of nitrogens with zero attached hydrogens (tertiary/aromatic N) is 2. The van der Waals surface area contributed by atoms with Gasteiger partial charge >= 0.3 is 0 Å². The second kappa shape index (κ2) is 11.4. The molecule has 1 aromatic heterocycles. The summed E-state index contributed by atoms with van der Waals surface area (Å²) in [5, 5.41) is 10.9. The molecular weight excluding hydrogens is 408 g/mol. The lowest BCUT2D eigenvalue weighted by Gasteiger charge is -2.31. The van der Waals surface area contributed by atoms with Crippen molar-refractivity contribution in [1.82, 2.24) is 20.7 Å². The summed E-state index contributed by atoms with van der Waals surface area (Å²) in [5.74, 6) is 2.43. The molecule has 3 heterocycles. The van der Waals surface area contributed by atoms with Crippen molar-refractivity contribution in [3.63, 3.8) is 0 Å². The van der Waals surface area contributed by atoms with E-state index in [0.717, 1.165) is 81.5 Å². The molecule has 2 aliphatic heterocycles. The second-order valence-electron chi connectivity index (χ2n) is 8.64. The van der Waals surface area contributed by atoms with Crippen molar-refractivity contribution in [1.29, 1.82) is 0 Å². The van der Waals surface area contributed by atoms with Gasteiger partial charge in [-0.2, -0.15) is 0 Å². The Morgan fingerprint density at radius 2 is 2.06 bits per heavy atom. The molecule has 2 atom stereocenters. The third kappa shape index (κ3) is 6.31. The SMILES string of the molecule is COc1ccc(-c2cc(C[C@@H]3CNCC[C@H]3CC(=O)NCCN3CCOCC3)no2)cc1. The number of amides is 1. The van der Waals surface area contributed by atoms with Gasteiger partial charge in [0.25, 0.3) is 0 Å². The maximum absolute atomic E-state index is 12.6. The van der Waals surface area contributed by atoms with Crippen LogP contribution in [0.2, 0.25) is 0 Å². The molecule has 4 rings (SSSR count). The number of methoxy groups -OCH3 is 1. The highest BCUT2D eigenvalue weighted by Gasteiger charge is 2.28. The summed E-state index contributed by atoms with van der Waals surface area (Å²) in [6, 6.07) is 9.77. The molecule has 8 heteroatoms. The largest absolute Gasteiger partial charge is 0.497 e. The van der Waals surface area contributed by atoms with Gasteiger partial charge in [0.1, 0.15) is 5.75 Å². The van der Waals surface area contributed by atoms with Gasteiger partial charge in [-0.25, -0.2) is 0 Å². The molecule has 1 aromatic carbocycles. The van der Waals surface area contributed by atoms with E-state index >= 15 is 0 Å². The number of hydrogen-bond acceptors (Lipinski definition) is 7. The lowest BCUT2D eigenvalue weighted by molar-refractivity contribution is -0.122. The molecule has 174 valence electrons. The Hall–Kier alpha value is -2.42. The summed E-state index contributed by atoms with van der Waals surface area (Å²) >= 11 is 0.